The van der Waals surface area contributed by atoms with Crippen molar-refractivity contribution in [3.8, 4) is 0 Å². The molecular formula is C10H17N2+. The summed E-state index contributed by atoms with van der Waals surface area (Å²) in [5.41, 5.74) is 0. The summed E-state index contributed by atoms with van der Waals surface area (Å²) in [7, 11) is 2.32. The van der Waals surface area contributed by atoms with Crippen molar-refractivity contribution in [3.63, 3.8) is 0 Å². The molecule has 0 bridgehead atoms. The summed E-state index contributed by atoms with van der Waals surface area (Å²) in [6, 6.07) is 5.05. The second-order valence-corrected chi connectivity index (χ2v) is 4.04. The highest BCUT2D eigenvalue weighted by Gasteiger charge is 2.37. The summed E-state index contributed by atoms with van der Waals surface area (Å²) in [5, 5.41) is 0. The van der Waals surface area contributed by atoms with E-state index >= 15 is 0 Å². The first-order valence-electron chi connectivity index (χ1n) is 4.72. The highest BCUT2D eigenvalue weighted by Crippen LogP contribution is 2.30. The van der Waals surface area contributed by atoms with E-state index < -0.39 is 0 Å². The minimum atomic E-state index is 0.767. The van der Waals surface area contributed by atoms with Crippen LogP contribution in [0.1, 0.15) is 19.8 Å². The molecule has 0 aliphatic carbocycles. The number of hydrogen-bond donors (Lipinski definition) is 1. The van der Waals surface area contributed by atoms with Crippen molar-refractivity contribution in [1.82, 2.24) is 9.47 Å². The predicted octanol–water partition coefficient (Wildman–Crippen LogP) is 2.13. The summed E-state index contributed by atoms with van der Waals surface area (Å²) < 4.78 is 1.09. The van der Waals surface area contributed by atoms with Gasteiger partial charge in [-0.15, -0.1) is 0 Å². The summed E-state index contributed by atoms with van der Waals surface area (Å²) in [4.78, 5) is 3.32. The number of H-pyrrole nitrogens is 1. The highest BCUT2D eigenvalue weighted by molar-refractivity contribution is 5.35. The van der Waals surface area contributed by atoms with E-state index in [1.165, 1.54) is 25.2 Å². The molecule has 1 saturated heterocycles. The van der Waals surface area contributed by atoms with Crippen LogP contribution in [-0.4, -0.2) is 24.6 Å². The molecule has 1 fully saturated rings. The number of aromatic nitrogens is 1. The lowest BCUT2D eigenvalue weighted by Gasteiger charge is -2.32. The maximum atomic E-state index is 3.32. The molecule has 2 unspecified atom stereocenters. The third kappa shape index (κ3) is 0.985. The van der Waals surface area contributed by atoms with Crippen LogP contribution in [0.15, 0.2) is 18.3 Å². The van der Waals surface area contributed by atoms with Gasteiger partial charge in [-0.25, -0.2) is 0 Å². The Kier molecular flexibility index (Phi) is 1.72. The Labute approximate surface area is 73.8 Å². The lowest BCUT2D eigenvalue weighted by Crippen LogP contribution is -2.47. The number of rotatable bonds is 1. The monoisotopic (exact) mass is 165 g/mol. The summed E-state index contributed by atoms with van der Waals surface area (Å²) in [6.45, 7) is 3.62. The molecule has 1 N–H and O–H groups in total. The van der Waals surface area contributed by atoms with E-state index in [0.29, 0.717) is 0 Å². The molecule has 1 aromatic rings. The fourth-order valence-electron chi connectivity index (χ4n) is 2.22. The van der Waals surface area contributed by atoms with Gasteiger partial charge in [-0.05, 0) is 13.0 Å². The fourth-order valence-corrected chi connectivity index (χ4v) is 2.22. The number of nitrogens with one attached hydrogen (secondary N) is 1. The number of likely N-dealkylation sites (tertiary alicyclic amines) is 1. The first-order valence-corrected chi connectivity index (χ1v) is 4.72. The zero-order valence-corrected chi connectivity index (χ0v) is 7.88. The molecule has 66 valence electrons. The topological polar surface area (TPSA) is 15.8 Å². The molecule has 1 aliphatic rings. The molecule has 0 spiro atoms. The minimum absolute atomic E-state index is 0.767. The molecule has 0 amide bonds. The summed E-state index contributed by atoms with van der Waals surface area (Å²) in [6.07, 6.45) is 4.73. The van der Waals surface area contributed by atoms with Gasteiger partial charge >= 0.3 is 0 Å². The first-order chi connectivity index (χ1) is 5.73. The molecule has 0 saturated carbocycles. The molecule has 0 aromatic carbocycles. The van der Waals surface area contributed by atoms with Crippen molar-refractivity contribution in [1.29, 1.82) is 0 Å². The van der Waals surface area contributed by atoms with Gasteiger partial charge in [0.1, 0.15) is 0 Å². The van der Waals surface area contributed by atoms with Gasteiger partial charge in [-0.2, -0.15) is 0 Å². The van der Waals surface area contributed by atoms with Crippen LogP contribution in [0.2, 0.25) is 0 Å². The number of hydrogen-bond acceptors (Lipinski definition) is 0. The van der Waals surface area contributed by atoms with Crippen LogP contribution in [0.5, 0.6) is 0 Å². The van der Waals surface area contributed by atoms with Crippen molar-refractivity contribution in [2.75, 3.05) is 13.6 Å². The van der Waals surface area contributed by atoms with Crippen LogP contribution >= 0.6 is 0 Å². The number of aromatic amines is 1. The van der Waals surface area contributed by atoms with Crippen molar-refractivity contribution >= 4 is 5.82 Å². The molecule has 12 heavy (non-hydrogen) atoms. The standard InChI is InChI=1S/C10H17N2/c1-9-5-4-8-12(9,2)10-6-3-7-11-10/h3,6-7,9,11H,4-5,8H2,1-2H3/q+1. The van der Waals surface area contributed by atoms with Crippen LogP contribution in [0.3, 0.4) is 0 Å². The lowest BCUT2D eigenvalue weighted by atomic mass is 10.2. The fraction of sp³-hybridized carbons (Fsp3) is 0.600. The van der Waals surface area contributed by atoms with Gasteiger partial charge < -0.3 is 4.98 Å². The Morgan fingerprint density at radius 1 is 1.58 bits per heavy atom. The van der Waals surface area contributed by atoms with E-state index in [1.54, 1.807) is 0 Å². The predicted molar refractivity (Wildman–Crippen MR) is 52.1 cm³/mol. The smallest absolute Gasteiger partial charge is 0.205 e. The quantitative estimate of drug-likeness (QED) is 0.614. The van der Waals surface area contributed by atoms with Gasteiger partial charge in [-0.1, -0.05) is 0 Å². The van der Waals surface area contributed by atoms with Crippen LogP contribution in [0.4, 0.5) is 5.82 Å². The van der Waals surface area contributed by atoms with Crippen molar-refractivity contribution in [3.05, 3.63) is 18.3 Å². The number of nitrogens with zero attached hydrogens (tertiary/aromatic N) is 1. The molecule has 1 aromatic heterocycles. The zero-order valence-electron chi connectivity index (χ0n) is 7.88. The molecule has 1 aliphatic heterocycles. The van der Waals surface area contributed by atoms with Gasteiger partial charge in [0.05, 0.1) is 19.6 Å². The Morgan fingerprint density at radius 3 is 2.92 bits per heavy atom. The van der Waals surface area contributed by atoms with E-state index in [4.69, 9.17) is 0 Å². The van der Waals surface area contributed by atoms with E-state index in [1.807, 2.05) is 6.20 Å². The van der Waals surface area contributed by atoms with Gasteiger partial charge in [0, 0.05) is 25.1 Å². The van der Waals surface area contributed by atoms with E-state index in [9.17, 15) is 0 Å². The largest absolute Gasteiger partial charge is 0.318 e. The second kappa shape index (κ2) is 2.63. The van der Waals surface area contributed by atoms with Crippen LogP contribution in [-0.2, 0) is 0 Å². The van der Waals surface area contributed by atoms with Crippen molar-refractivity contribution in [2.45, 2.75) is 25.8 Å². The first kappa shape index (κ1) is 7.87. The molecule has 0 radical (unpaired) electrons. The average Bonchev–Trinajstić information content (AvgIpc) is 2.62. The van der Waals surface area contributed by atoms with E-state index in [2.05, 4.69) is 31.1 Å². The minimum Gasteiger partial charge on any atom is -0.318 e. The van der Waals surface area contributed by atoms with Crippen molar-refractivity contribution in [2.24, 2.45) is 0 Å². The molecular weight excluding hydrogens is 148 g/mol. The van der Waals surface area contributed by atoms with Gasteiger partial charge in [0.2, 0.25) is 5.82 Å². The van der Waals surface area contributed by atoms with Gasteiger partial charge in [0.15, 0.2) is 0 Å². The Morgan fingerprint density at radius 2 is 2.42 bits per heavy atom. The van der Waals surface area contributed by atoms with Crippen LogP contribution in [0.25, 0.3) is 0 Å². The van der Waals surface area contributed by atoms with E-state index in [-0.39, 0.29) is 0 Å². The zero-order chi connectivity index (χ0) is 8.60. The van der Waals surface area contributed by atoms with Crippen molar-refractivity contribution < 1.29 is 0 Å². The van der Waals surface area contributed by atoms with Gasteiger partial charge in [0.25, 0.3) is 0 Å². The van der Waals surface area contributed by atoms with Crippen LogP contribution in [0, 0.1) is 0 Å². The van der Waals surface area contributed by atoms with Gasteiger partial charge in [-0.3, -0.25) is 4.48 Å². The Balaban J connectivity index is 2.32. The average molecular weight is 165 g/mol. The Hall–Kier alpha value is -0.760. The van der Waals surface area contributed by atoms with E-state index in [0.717, 1.165) is 10.5 Å². The molecule has 2 heterocycles. The third-order valence-electron chi connectivity index (χ3n) is 3.35. The third-order valence-corrected chi connectivity index (χ3v) is 3.35. The molecule has 2 heteroatoms. The Bertz CT molecular complexity index is 253. The van der Waals surface area contributed by atoms with Crippen LogP contribution < -0.4 is 4.48 Å². The molecule has 2 atom stereocenters. The SMILES string of the molecule is CC1CCC[N+]1(C)c1ccc[nH]1. The molecule has 2 nitrogen and oxygen atoms in total. The maximum absolute atomic E-state index is 3.32. The summed E-state index contributed by atoms with van der Waals surface area (Å²) >= 11 is 0. The number of quaternary nitrogens is 1. The summed E-state index contributed by atoms with van der Waals surface area (Å²) in [5.74, 6) is 1.36. The highest BCUT2D eigenvalue weighted by atomic mass is 15.4. The lowest BCUT2D eigenvalue weighted by molar-refractivity contribution is 0.318. The molecule has 2 rings (SSSR count). The second-order valence-electron chi connectivity index (χ2n) is 4.04. The maximum Gasteiger partial charge on any atom is 0.205 e. The normalized spacial score (nSPS) is 35.7.